The summed E-state index contributed by atoms with van der Waals surface area (Å²) in [5.41, 5.74) is 1.04. The molecule has 4 rings (SSSR count). The van der Waals surface area contributed by atoms with Crippen LogP contribution in [0, 0.1) is 5.92 Å². The Bertz CT molecular complexity index is 703. The average Bonchev–Trinajstić information content (AvgIpc) is 2.57. The van der Waals surface area contributed by atoms with Gasteiger partial charge in [0.05, 0.1) is 5.52 Å². The standard InChI is InChI=1S/C19H23N3O/c23-19(20-16-5-3-6-16)15-10-12-22(13-11-15)18-9-8-14-4-1-2-7-17(14)21-18/h1-2,4,7-9,15-16H,3,5-6,10-13H2,(H,20,23). The van der Waals surface area contributed by atoms with Gasteiger partial charge in [-0.05, 0) is 50.3 Å². The van der Waals surface area contributed by atoms with Gasteiger partial charge in [-0.15, -0.1) is 0 Å². The molecule has 1 saturated heterocycles. The van der Waals surface area contributed by atoms with Crippen molar-refractivity contribution >= 4 is 22.6 Å². The molecule has 0 unspecified atom stereocenters. The van der Waals surface area contributed by atoms with Crippen LogP contribution in [0.4, 0.5) is 5.82 Å². The molecule has 1 amide bonds. The van der Waals surface area contributed by atoms with Gasteiger partial charge in [-0.25, -0.2) is 4.98 Å². The van der Waals surface area contributed by atoms with Crippen molar-refractivity contribution < 1.29 is 4.79 Å². The number of rotatable bonds is 3. The topological polar surface area (TPSA) is 45.2 Å². The minimum absolute atomic E-state index is 0.173. The van der Waals surface area contributed by atoms with Gasteiger partial charge in [0.1, 0.15) is 5.82 Å². The van der Waals surface area contributed by atoms with E-state index in [9.17, 15) is 4.79 Å². The van der Waals surface area contributed by atoms with E-state index in [4.69, 9.17) is 4.98 Å². The van der Waals surface area contributed by atoms with Crippen molar-refractivity contribution in [2.45, 2.75) is 38.1 Å². The molecule has 0 radical (unpaired) electrons. The quantitative estimate of drug-likeness (QED) is 0.947. The Morgan fingerprint density at radius 1 is 1.04 bits per heavy atom. The van der Waals surface area contributed by atoms with E-state index in [2.05, 4.69) is 34.5 Å². The zero-order valence-corrected chi connectivity index (χ0v) is 13.4. The Kier molecular flexibility index (Phi) is 3.90. The summed E-state index contributed by atoms with van der Waals surface area (Å²) in [5.74, 6) is 1.47. The van der Waals surface area contributed by atoms with Gasteiger partial charge in [0.2, 0.25) is 5.91 Å². The monoisotopic (exact) mass is 309 g/mol. The first-order chi connectivity index (χ1) is 11.3. The van der Waals surface area contributed by atoms with Gasteiger partial charge in [0.25, 0.3) is 0 Å². The Hall–Kier alpha value is -2.10. The first kappa shape index (κ1) is 14.5. The van der Waals surface area contributed by atoms with E-state index in [1.807, 2.05) is 12.1 Å². The molecule has 120 valence electrons. The number of nitrogens with one attached hydrogen (secondary N) is 1. The molecule has 0 bridgehead atoms. The van der Waals surface area contributed by atoms with Gasteiger partial charge in [-0.1, -0.05) is 18.2 Å². The van der Waals surface area contributed by atoms with Gasteiger partial charge in [0, 0.05) is 30.4 Å². The fourth-order valence-corrected chi connectivity index (χ4v) is 3.47. The number of aromatic nitrogens is 1. The number of hydrogen-bond donors (Lipinski definition) is 1. The van der Waals surface area contributed by atoms with Crippen LogP contribution in [-0.2, 0) is 4.79 Å². The van der Waals surface area contributed by atoms with Gasteiger partial charge < -0.3 is 10.2 Å². The van der Waals surface area contributed by atoms with Crippen LogP contribution in [0.1, 0.15) is 32.1 Å². The predicted molar refractivity (Wildman–Crippen MR) is 92.5 cm³/mol. The Labute approximate surface area is 136 Å². The van der Waals surface area contributed by atoms with E-state index in [-0.39, 0.29) is 11.8 Å². The molecule has 1 aromatic carbocycles. The summed E-state index contributed by atoms with van der Waals surface area (Å²) in [6, 6.07) is 12.9. The van der Waals surface area contributed by atoms with Crippen LogP contribution in [0.15, 0.2) is 36.4 Å². The van der Waals surface area contributed by atoms with Crippen molar-refractivity contribution in [2.24, 2.45) is 5.92 Å². The molecule has 0 atom stereocenters. The van der Waals surface area contributed by atoms with Crippen LogP contribution in [-0.4, -0.2) is 30.0 Å². The van der Waals surface area contributed by atoms with Crippen molar-refractivity contribution in [3.63, 3.8) is 0 Å². The van der Waals surface area contributed by atoms with E-state index in [0.717, 1.165) is 50.1 Å². The van der Waals surface area contributed by atoms with Crippen molar-refractivity contribution in [3.8, 4) is 0 Å². The Balaban J connectivity index is 1.39. The summed E-state index contributed by atoms with van der Waals surface area (Å²) in [5, 5.41) is 4.36. The number of carbonyl (C=O) groups excluding carboxylic acids is 1. The molecule has 1 aliphatic carbocycles. The van der Waals surface area contributed by atoms with Crippen LogP contribution >= 0.6 is 0 Å². The summed E-state index contributed by atoms with van der Waals surface area (Å²) in [7, 11) is 0. The molecule has 2 aliphatic rings. The Morgan fingerprint density at radius 2 is 1.83 bits per heavy atom. The zero-order valence-electron chi connectivity index (χ0n) is 13.4. The van der Waals surface area contributed by atoms with Crippen molar-refractivity contribution in [2.75, 3.05) is 18.0 Å². The maximum atomic E-state index is 12.3. The second-order valence-corrected chi connectivity index (χ2v) is 6.76. The molecule has 0 spiro atoms. The fraction of sp³-hybridized carbons (Fsp3) is 0.474. The predicted octanol–water partition coefficient (Wildman–Crippen LogP) is 3.12. The molecule has 23 heavy (non-hydrogen) atoms. The smallest absolute Gasteiger partial charge is 0.223 e. The number of benzene rings is 1. The number of nitrogens with zero attached hydrogens (tertiary/aromatic N) is 2. The lowest BCUT2D eigenvalue weighted by molar-refractivity contribution is -0.126. The number of pyridine rings is 1. The lowest BCUT2D eigenvalue weighted by atomic mass is 9.90. The SMILES string of the molecule is O=C(NC1CCC1)C1CCN(c2ccc3ccccc3n2)CC1. The van der Waals surface area contributed by atoms with Gasteiger partial charge in [0.15, 0.2) is 0 Å². The molecule has 1 aliphatic heterocycles. The highest BCUT2D eigenvalue weighted by molar-refractivity contribution is 5.81. The number of hydrogen-bond acceptors (Lipinski definition) is 3. The highest BCUT2D eigenvalue weighted by atomic mass is 16.1. The van der Waals surface area contributed by atoms with Crippen LogP contribution < -0.4 is 10.2 Å². The summed E-state index contributed by atoms with van der Waals surface area (Å²) in [6.45, 7) is 1.82. The van der Waals surface area contributed by atoms with Crippen LogP contribution in [0.2, 0.25) is 0 Å². The van der Waals surface area contributed by atoms with Crippen LogP contribution in [0.3, 0.4) is 0 Å². The normalized spacial score (nSPS) is 19.6. The first-order valence-corrected chi connectivity index (χ1v) is 8.71. The molecule has 1 saturated carbocycles. The molecule has 2 aromatic rings. The number of piperidine rings is 1. The molecular formula is C19H23N3O. The molecule has 1 N–H and O–H groups in total. The van der Waals surface area contributed by atoms with E-state index >= 15 is 0 Å². The van der Waals surface area contributed by atoms with Crippen molar-refractivity contribution in [3.05, 3.63) is 36.4 Å². The van der Waals surface area contributed by atoms with E-state index < -0.39 is 0 Å². The summed E-state index contributed by atoms with van der Waals surface area (Å²) < 4.78 is 0. The minimum atomic E-state index is 0.173. The molecule has 4 heteroatoms. The third-order valence-electron chi connectivity index (χ3n) is 5.23. The maximum Gasteiger partial charge on any atom is 0.223 e. The number of amides is 1. The summed E-state index contributed by atoms with van der Waals surface area (Å²) in [6.07, 6.45) is 5.42. The van der Waals surface area contributed by atoms with Gasteiger partial charge in [-0.2, -0.15) is 0 Å². The highest BCUT2D eigenvalue weighted by Gasteiger charge is 2.28. The van der Waals surface area contributed by atoms with Crippen molar-refractivity contribution in [1.29, 1.82) is 0 Å². The molecular weight excluding hydrogens is 286 g/mol. The van der Waals surface area contributed by atoms with Crippen LogP contribution in [0.5, 0.6) is 0 Å². The minimum Gasteiger partial charge on any atom is -0.357 e. The molecule has 2 heterocycles. The maximum absolute atomic E-state index is 12.3. The molecule has 2 fully saturated rings. The van der Waals surface area contributed by atoms with Gasteiger partial charge >= 0.3 is 0 Å². The van der Waals surface area contributed by atoms with Crippen LogP contribution in [0.25, 0.3) is 10.9 Å². The van der Waals surface area contributed by atoms with Gasteiger partial charge in [-0.3, -0.25) is 4.79 Å². The van der Waals surface area contributed by atoms with E-state index in [0.29, 0.717) is 6.04 Å². The van der Waals surface area contributed by atoms with E-state index in [1.54, 1.807) is 0 Å². The number of fused-ring (bicyclic) bond motifs is 1. The Morgan fingerprint density at radius 3 is 2.57 bits per heavy atom. The summed E-state index contributed by atoms with van der Waals surface area (Å²) >= 11 is 0. The molecule has 4 nitrogen and oxygen atoms in total. The number of anilines is 1. The lowest BCUT2D eigenvalue weighted by Crippen LogP contribution is -2.46. The zero-order chi connectivity index (χ0) is 15.6. The van der Waals surface area contributed by atoms with E-state index in [1.165, 1.54) is 11.8 Å². The van der Waals surface area contributed by atoms with Crippen molar-refractivity contribution in [1.82, 2.24) is 10.3 Å². The fourth-order valence-electron chi connectivity index (χ4n) is 3.47. The molecule has 1 aromatic heterocycles. The third kappa shape index (κ3) is 3.03. The third-order valence-corrected chi connectivity index (χ3v) is 5.23. The second-order valence-electron chi connectivity index (χ2n) is 6.76. The largest absolute Gasteiger partial charge is 0.357 e. The average molecular weight is 309 g/mol. The second kappa shape index (κ2) is 6.19. The number of para-hydroxylation sites is 1. The first-order valence-electron chi connectivity index (χ1n) is 8.71. The summed E-state index contributed by atoms with van der Waals surface area (Å²) in [4.78, 5) is 19.3. The highest BCUT2D eigenvalue weighted by Crippen LogP contribution is 2.25. The number of carbonyl (C=O) groups is 1. The lowest BCUT2D eigenvalue weighted by Gasteiger charge is -2.34.